The SMILES string of the molecule is Cc1ccc2c(c1)C(C#N)CC1(CCCC1)O2. The van der Waals surface area contributed by atoms with Crippen molar-refractivity contribution in [3.63, 3.8) is 0 Å². The van der Waals surface area contributed by atoms with E-state index in [-0.39, 0.29) is 11.5 Å². The lowest BCUT2D eigenvalue weighted by atomic mass is 9.82. The highest BCUT2D eigenvalue weighted by Gasteiger charge is 2.43. The van der Waals surface area contributed by atoms with Crippen LogP contribution in [0, 0.1) is 18.3 Å². The average molecular weight is 227 g/mol. The Labute approximate surface area is 102 Å². The monoisotopic (exact) mass is 227 g/mol. The quantitative estimate of drug-likeness (QED) is 0.677. The van der Waals surface area contributed by atoms with Crippen LogP contribution in [-0.2, 0) is 0 Å². The van der Waals surface area contributed by atoms with E-state index in [1.807, 2.05) is 6.07 Å². The fourth-order valence-electron chi connectivity index (χ4n) is 3.23. The third-order valence-corrected chi connectivity index (χ3v) is 4.11. The molecule has 1 aliphatic heterocycles. The van der Waals surface area contributed by atoms with E-state index in [0.717, 1.165) is 30.6 Å². The number of nitriles is 1. The maximum atomic E-state index is 9.37. The van der Waals surface area contributed by atoms with E-state index in [1.165, 1.54) is 18.4 Å². The summed E-state index contributed by atoms with van der Waals surface area (Å²) in [4.78, 5) is 0. The molecule has 2 nitrogen and oxygen atoms in total. The van der Waals surface area contributed by atoms with Gasteiger partial charge in [-0.2, -0.15) is 5.26 Å². The van der Waals surface area contributed by atoms with Crippen LogP contribution >= 0.6 is 0 Å². The summed E-state index contributed by atoms with van der Waals surface area (Å²) in [6, 6.07) is 8.67. The predicted molar refractivity (Wildman–Crippen MR) is 66.0 cm³/mol. The zero-order chi connectivity index (χ0) is 11.9. The van der Waals surface area contributed by atoms with E-state index in [0.29, 0.717) is 0 Å². The lowest BCUT2D eigenvalue weighted by molar-refractivity contribution is 0.0484. The van der Waals surface area contributed by atoms with Gasteiger partial charge in [0.05, 0.1) is 12.0 Å². The molecule has 2 aliphatic rings. The fraction of sp³-hybridized carbons (Fsp3) is 0.533. The number of rotatable bonds is 0. The molecule has 1 unspecified atom stereocenters. The molecule has 88 valence electrons. The summed E-state index contributed by atoms with van der Waals surface area (Å²) >= 11 is 0. The highest BCUT2D eigenvalue weighted by Crippen LogP contribution is 2.47. The van der Waals surface area contributed by atoms with Gasteiger partial charge >= 0.3 is 0 Å². The summed E-state index contributed by atoms with van der Waals surface area (Å²) < 4.78 is 6.22. The summed E-state index contributed by atoms with van der Waals surface area (Å²) in [6.45, 7) is 2.06. The van der Waals surface area contributed by atoms with Crippen LogP contribution in [0.4, 0.5) is 0 Å². The van der Waals surface area contributed by atoms with Crippen molar-refractivity contribution in [3.8, 4) is 11.8 Å². The second-order valence-corrected chi connectivity index (χ2v) is 5.42. The van der Waals surface area contributed by atoms with Gasteiger partial charge in [-0.3, -0.25) is 0 Å². The van der Waals surface area contributed by atoms with Gasteiger partial charge in [0.15, 0.2) is 0 Å². The molecule has 3 rings (SSSR count). The molecule has 1 atom stereocenters. The van der Waals surface area contributed by atoms with Crippen LogP contribution in [0.3, 0.4) is 0 Å². The van der Waals surface area contributed by atoms with Crippen molar-refractivity contribution >= 4 is 0 Å². The third-order valence-electron chi connectivity index (χ3n) is 4.11. The summed E-state index contributed by atoms with van der Waals surface area (Å²) in [5.41, 5.74) is 2.25. The molecule has 0 radical (unpaired) electrons. The average Bonchev–Trinajstić information content (AvgIpc) is 2.77. The van der Waals surface area contributed by atoms with E-state index >= 15 is 0 Å². The van der Waals surface area contributed by atoms with Gasteiger partial charge in [0, 0.05) is 12.0 Å². The molecule has 0 saturated heterocycles. The van der Waals surface area contributed by atoms with E-state index in [9.17, 15) is 5.26 Å². The highest BCUT2D eigenvalue weighted by molar-refractivity contribution is 5.44. The topological polar surface area (TPSA) is 33.0 Å². The molecule has 1 saturated carbocycles. The van der Waals surface area contributed by atoms with Crippen LogP contribution in [0.25, 0.3) is 0 Å². The van der Waals surface area contributed by atoms with E-state index < -0.39 is 0 Å². The Bertz CT molecular complexity index is 480. The number of hydrogen-bond acceptors (Lipinski definition) is 2. The van der Waals surface area contributed by atoms with Crippen molar-refractivity contribution in [3.05, 3.63) is 29.3 Å². The molecule has 1 fully saturated rings. The molecule has 17 heavy (non-hydrogen) atoms. The largest absolute Gasteiger partial charge is 0.487 e. The first-order valence-electron chi connectivity index (χ1n) is 6.42. The van der Waals surface area contributed by atoms with Crippen molar-refractivity contribution in [2.75, 3.05) is 0 Å². The molecular formula is C15H17NO. The first-order chi connectivity index (χ1) is 8.22. The fourth-order valence-corrected chi connectivity index (χ4v) is 3.23. The number of fused-ring (bicyclic) bond motifs is 1. The van der Waals surface area contributed by atoms with Crippen molar-refractivity contribution in [2.45, 2.75) is 50.5 Å². The number of aryl methyl sites for hydroxylation is 1. The first kappa shape index (κ1) is 10.7. The third kappa shape index (κ3) is 1.70. The van der Waals surface area contributed by atoms with Crippen LogP contribution in [-0.4, -0.2) is 5.60 Å². The molecule has 0 N–H and O–H groups in total. The van der Waals surface area contributed by atoms with Crippen molar-refractivity contribution in [1.82, 2.24) is 0 Å². The van der Waals surface area contributed by atoms with Crippen LogP contribution < -0.4 is 4.74 Å². The Kier molecular flexibility index (Phi) is 2.36. The van der Waals surface area contributed by atoms with Gasteiger partial charge in [-0.15, -0.1) is 0 Å². The second-order valence-electron chi connectivity index (χ2n) is 5.42. The zero-order valence-electron chi connectivity index (χ0n) is 10.2. The molecule has 1 heterocycles. The Morgan fingerprint density at radius 2 is 2.12 bits per heavy atom. The number of benzene rings is 1. The van der Waals surface area contributed by atoms with Crippen molar-refractivity contribution < 1.29 is 4.74 Å². The molecule has 0 bridgehead atoms. The van der Waals surface area contributed by atoms with Crippen molar-refractivity contribution in [2.24, 2.45) is 0 Å². The van der Waals surface area contributed by atoms with Gasteiger partial charge in [-0.05, 0) is 38.7 Å². The zero-order valence-corrected chi connectivity index (χ0v) is 10.2. The van der Waals surface area contributed by atoms with Crippen LogP contribution in [0.2, 0.25) is 0 Å². The highest BCUT2D eigenvalue weighted by atomic mass is 16.5. The van der Waals surface area contributed by atoms with Gasteiger partial charge < -0.3 is 4.74 Å². The Balaban J connectivity index is 2.04. The van der Waals surface area contributed by atoms with Crippen LogP contribution in [0.1, 0.15) is 49.1 Å². The maximum Gasteiger partial charge on any atom is 0.124 e. The summed E-state index contributed by atoms with van der Waals surface area (Å²) in [5.74, 6) is 0.951. The molecular weight excluding hydrogens is 210 g/mol. The lowest BCUT2D eigenvalue weighted by Crippen LogP contribution is -2.38. The van der Waals surface area contributed by atoms with Gasteiger partial charge in [0.1, 0.15) is 11.4 Å². The molecule has 0 aromatic heterocycles. The number of nitrogens with zero attached hydrogens (tertiary/aromatic N) is 1. The number of hydrogen-bond donors (Lipinski definition) is 0. The van der Waals surface area contributed by atoms with Gasteiger partial charge in [-0.1, -0.05) is 17.7 Å². The molecule has 1 aromatic rings. The molecule has 1 aliphatic carbocycles. The van der Waals surface area contributed by atoms with E-state index in [4.69, 9.17) is 4.74 Å². The summed E-state index contributed by atoms with van der Waals surface area (Å²) in [7, 11) is 0. The Morgan fingerprint density at radius 3 is 2.82 bits per heavy atom. The molecule has 0 amide bonds. The normalized spacial score (nSPS) is 25.1. The standard InChI is InChI=1S/C15H17NO/c1-11-4-5-14-13(8-11)12(10-16)9-15(17-14)6-2-3-7-15/h4-5,8,12H,2-3,6-7,9H2,1H3. The Hall–Kier alpha value is -1.49. The van der Waals surface area contributed by atoms with Crippen LogP contribution in [0.15, 0.2) is 18.2 Å². The molecule has 1 aromatic carbocycles. The minimum atomic E-state index is -0.0390. The lowest BCUT2D eigenvalue weighted by Gasteiger charge is -2.38. The Morgan fingerprint density at radius 1 is 1.35 bits per heavy atom. The predicted octanol–water partition coefficient (Wildman–Crippen LogP) is 3.70. The van der Waals surface area contributed by atoms with Crippen LogP contribution in [0.5, 0.6) is 5.75 Å². The van der Waals surface area contributed by atoms with Gasteiger partial charge in [-0.25, -0.2) is 0 Å². The van der Waals surface area contributed by atoms with Gasteiger partial charge in [0.2, 0.25) is 0 Å². The summed E-state index contributed by atoms with van der Waals surface area (Å²) in [5, 5.41) is 9.37. The minimum absolute atomic E-state index is 0.0109. The number of ether oxygens (including phenoxy) is 1. The van der Waals surface area contributed by atoms with E-state index in [1.54, 1.807) is 0 Å². The molecule has 1 spiro atoms. The molecule has 2 heteroatoms. The van der Waals surface area contributed by atoms with Gasteiger partial charge in [0.25, 0.3) is 0 Å². The summed E-state index contributed by atoms with van der Waals surface area (Å²) in [6.07, 6.45) is 5.57. The maximum absolute atomic E-state index is 9.37. The minimum Gasteiger partial charge on any atom is -0.487 e. The first-order valence-corrected chi connectivity index (χ1v) is 6.42. The van der Waals surface area contributed by atoms with E-state index in [2.05, 4.69) is 25.1 Å². The van der Waals surface area contributed by atoms with Crippen molar-refractivity contribution in [1.29, 1.82) is 5.26 Å². The smallest absolute Gasteiger partial charge is 0.124 e. The second kappa shape index (κ2) is 3.77.